The summed E-state index contributed by atoms with van der Waals surface area (Å²) in [5.41, 5.74) is 4.29. The van der Waals surface area contributed by atoms with Crippen LogP contribution in [0.3, 0.4) is 0 Å². The van der Waals surface area contributed by atoms with Crippen LogP contribution in [0.15, 0.2) is 42.9 Å². The standard InChI is InChI=1S/C29H32N6O3/c1-17-12-20(18-8-10-33(11-9-18)28(37)19-2-3-19)4-6-23(17)31-27(36)25-14-22-13-24(22)35(25)29(38)21-5-7-26-32-30-16-34(26)15-21/h4-7,12,15-16,18-19,22,24-25H,2-3,8-11,13-14H2,1H3,(H,31,36)/t22-,24-,25-/m1/s1. The molecule has 4 heterocycles. The Kier molecular flexibility index (Phi) is 5.49. The van der Waals surface area contributed by atoms with Gasteiger partial charge in [-0.2, -0.15) is 0 Å². The van der Waals surface area contributed by atoms with Gasteiger partial charge in [0, 0.05) is 36.9 Å². The van der Waals surface area contributed by atoms with E-state index in [0.29, 0.717) is 35.4 Å². The second-order valence-electron chi connectivity index (χ2n) is 11.5. The maximum Gasteiger partial charge on any atom is 0.256 e. The Labute approximate surface area is 221 Å². The molecule has 2 aliphatic carbocycles. The van der Waals surface area contributed by atoms with Gasteiger partial charge in [0.2, 0.25) is 11.8 Å². The molecule has 3 aromatic rings. The van der Waals surface area contributed by atoms with Crippen LogP contribution >= 0.6 is 0 Å². The van der Waals surface area contributed by atoms with Gasteiger partial charge in [0.15, 0.2) is 5.65 Å². The number of carbonyl (C=O) groups excluding carboxylic acids is 3. The highest BCUT2D eigenvalue weighted by Crippen LogP contribution is 2.48. The van der Waals surface area contributed by atoms with E-state index in [9.17, 15) is 14.4 Å². The highest BCUT2D eigenvalue weighted by atomic mass is 16.2. The molecule has 38 heavy (non-hydrogen) atoms. The molecule has 0 unspecified atom stereocenters. The summed E-state index contributed by atoms with van der Waals surface area (Å²) in [6.45, 7) is 3.68. The van der Waals surface area contributed by atoms with E-state index in [1.807, 2.05) is 17.9 Å². The fourth-order valence-electron chi connectivity index (χ4n) is 6.40. The van der Waals surface area contributed by atoms with Crippen molar-refractivity contribution in [3.63, 3.8) is 0 Å². The largest absolute Gasteiger partial charge is 0.342 e. The minimum Gasteiger partial charge on any atom is -0.342 e. The molecule has 0 bridgehead atoms. The molecule has 2 aliphatic heterocycles. The third-order valence-electron chi connectivity index (χ3n) is 8.89. The van der Waals surface area contributed by atoms with Crippen LogP contribution < -0.4 is 5.32 Å². The molecule has 2 saturated heterocycles. The Morgan fingerprint density at radius 2 is 1.82 bits per heavy atom. The summed E-state index contributed by atoms with van der Waals surface area (Å²) >= 11 is 0. The lowest BCUT2D eigenvalue weighted by atomic mass is 9.88. The van der Waals surface area contributed by atoms with Gasteiger partial charge in [0.25, 0.3) is 5.91 Å². The molecule has 0 radical (unpaired) electrons. The second kappa shape index (κ2) is 8.92. The van der Waals surface area contributed by atoms with Gasteiger partial charge >= 0.3 is 0 Å². The van der Waals surface area contributed by atoms with Crippen molar-refractivity contribution in [2.45, 2.75) is 63.5 Å². The lowest BCUT2D eigenvalue weighted by molar-refractivity contribution is -0.133. The zero-order valence-corrected chi connectivity index (χ0v) is 21.5. The van der Waals surface area contributed by atoms with Gasteiger partial charge in [-0.25, -0.2) is 0 Å². The van der Waals surface area contributed by atoms with Gasteiger partial charge in [0.05, 0.1) is 5.56 Å². The van der Waals surface area contributed by atoms with Gasteiger partial charge in [-0.3, -0.25) is 18.8 Å². The number of hydrogen-bond acceptors (Lipinski definition) is 5. The first-order valence-electron chi connectivity index (χ1n) is 13.8. The first kappa shape index (κ1) is 23.4. The van der Waals surface area contributed by atoms with E-state index in [0.717, 1.165) is 56.4 Å². The topological polar surface area (TPSA) is 99.9 Å². The highest BCUT2D eigenvalue weighted by Gasteiger charge is 2.56. The van der Waals surface area contributed by atoms with Crippen LogP contribution in [0.1, 0.15) is 65.9 Å². The lowest BCUT2D eigenvalue weighted by Crippen LogP contribution is -2.45. The maximum absolute atomic E-state index is 13.5. The average molecular weight is 513 g/mol. The number of aryl methyl sites for hydroxylation is 1. The van der Waals surface area contributed by atoms with E-state index >= 15 is 0 Å². The Morgan fingerprint density at radius 1 is 1.00 bits per heavy atom. The predicted octanol–water partition coefficient (Wildman–Crippen LogP) is 3.40. The van der Waals surface area contributed by atoms with Gasteiger partial charge in [-0.05, 0) is 86.6 Å². The van der Waals surface area contributed by atoms with Crippen LogP contribution in [0.2, 0.25) is 0 Å². The number of nitrogens with zero attached hydrogens (tertiary/aromatic N) is 5. The molecule has 3 amide bonds. The second-order valence-corrected chi connectivity index (χ2v) is 11.5. The monoisotopic (exact) mass is 512 g/mol. The quantitative estimate of drug-likeness (QED) is 0.565. The van der Waals surface area contributed by atoms with Crippen molar-refractivity contribution in [3.8, 4) is 0 Å². The van der Waals surface area contributed by atoms with E-state index in [1.54, 1.807) is 34.0 Å². The average Bonchev–Trinajstić information content (AvgIpc) is 3.85. The summed E-state index contributed by atoms with van der Waals surface area (Å²) in [6, 6.07) is 9.46. The van der Waals surface area contributed by atoms with Crippen molar-refractivity contribution in [1.29, 1.82) is 0 Å². The molecular weight excluding hydrogens is 480 g/mol. The van der Waals surface area contributed by atoms with Gasteiger partial charge in [-0.1, -0.05) is 12.1 Å². The molecule has 2 aromatic heterocycles. The number of fused-ring (bicyclic) bond motifs is 2. The number of piperidine rings is 2. The van der Waals surface area contributed by atoms with Gasteiger partial charge < -0.3 is 15.1 Å². The van der Waals surface area contributed by atoms with Crippen LogP contribution in [-0.4, -0.2) is 67.3 Å². The molecule has 1 N–H and O–H groups in total. The number of benzene rings is 1. The van der Waals surface area contributed by atoms with Crippen LogP contribution in [0.25, 0.3) is 5.65 Å². The summed E-state index contributed by atoms with van der Waals surface area (Å²) in [7, 11) is 0. The first-order chi connectivity index (χ1) is 18.5. The number of carbonyl (C=O) groups is 3. The molecule has 9 nitrogen and oxygen atoms in total. The zero-order valence-electron chi connectivity index (χ0n) is 21.5. The van der Waals surface area contributed by atoms with E-state index in [1.165, 1.54) is 5.56 Å². The van der Waals surface area contributed by atoms with Crippen molar-refractivity contribution >= 4 is 29.1 Å². The minimum atomic E-state index is -0.477. The van der Waals surface area contributed by atoms with Crippen LogP contribution in [-0.2, 0) is 9.59 Å². The molecule has 4 aliphatic rings. The molecule has 9 heteroatoms. The zero-order chi connectivity index (χ0) is 26.0. The molecule has 3 atom stereocenters. The van der Waals surface area contributed by atoms with Gasteiger partial charge in [-0.15, -0.1) is 10.2 Å². The van der Waals surface area contributed by atoms with Crippen LogP contribution in [0.5, 0.6) is 0 Å². The number of rotatable bonds is 5. The summed E-state index contributed by atoms with van der Waals surface area (Å²) in [6.07, 6.45) is 9.03. The first-order valence-corrected chi connectivity index (χ1v) is 13.8. The van der Waals surface area contributed by atoms with E-state index < -0.39 is 6.04 Å². The third-order valence-corrected chi connectivity index (χ3v) is 8.89. The van der Waals surface area contributed by atoms with Crippen LogP contribution in [0, 0.1) is 18.8 Å². The number of pyridine rings is 1. The number of likely N-dealkylation sites (tertiary alicyclic amines) is 2. The maximum atomic E-state index is 13.5. The van der Waals surface area contributed by atoms with Gasteiger partial charge in [0.1, 0.15) is 12.4 Å². The van der Waals surface area contributed by atoms with Crippen molar-refractivity contribution in [2.75, 3.05) is 18.4 Å². The lowest BCUT2D eigenvalue weighted by Gasteiger charge is -2.32. The molecule has 4 fully saturated rings. The Hall–Kier alpha value is -3.75. The van der Waals surface area contributed by atoms with Crippen molar-refractivity contribution in [1.82, 2.24) is 24.4 Å². The summed E-state index contributed by atoms with van der Waals surface area (Å²) < 4.78 is 1.72. The van der Waals surface area contributed by atoms with Crippen molar-refractivity contribution < 1.29 is 14.4 Å². The Bertz CT molecular complexity index is 1440. The number of nitrogens with one attached hydrogen (secondary N) is 1. The molecule has 196 valence electrons. The predicted molar refractivity (Wildman–Crippen MR) is 141 cm³/mol. The van der Waals surface area contributed by atoms with Crippen molar-refractivity contribution in [2.24, 2.45) is 11.8 Å². The van der Waals surface area contributed by atoms with E-state index in [-0.39, 0.29) is 23.8 Å². The molecule has 1 aromatic carbocycles. The fraction of sp³-hybridized carbons (Fsp3) is 0.483. The summed E-state index contributed by atoms with van der Waals surface area (Å²) in [4.78, 5) is 43.1. The molecule has 7 rings (SSSR count). The fourth-order valence-corrected chi connectivity index (χ4v) is 6.40. The minimum absolute atomic E-state index is 0.121. The molecular formula is C29H32N6O3. The Morgan fingerprint density at radius 3 is 2.58 bits per heavy atom. The van der Waals surface area contributed by atoms with Crippen LogP contribution in [0.4, 0.5) is 5.69 Å². The number of hydrogen-bond donors (Lipinski definition) is 1. The molecule has 2 saturated carbocycles. The Balaban J connectivity index is 1.02. The third kappa shape index (κ3) is 4.14. The smallest absolute Gasteiger partial charge is 0.256 e. The number of amides is 3. The SMILES string of the molecule is Cc1cc(C2CCN(C(=O)C3CC3)CC2)ccc1NC(=O)[C@H]1C[C@H]2C[C@H]2N1C(=O)c1ccc2nncn2c1. The molecule has 0 spiro atoms. The van der Waals surface area contributed by atoms with Crippen molar-refractivity contribution in [3.05, 3.63) is 59.5 Å². The summed E-state index contributed by atoms with van der Waals surface area (Å²) in [5.74, 6) is 1.21. The highest BCUT2D eigenvalue weighted by molar-refractivity contribution is 6.02. The number of aromatic nitrogens is 3. The van der Waals surface area contributed by atoms with E-state index in [2.05, 4.69) is 27.6 Å². The normalized spacial score (nSPS) is 24.9. The summed E-state index contributed by atoms with van der Waals surface area (Å²) in [5, 5.41) is 11.0. The van der Waals surface area contributed by atoms with E-state index in [4.69, 9.17) is 0 Å². The number of anilines is 1.